The maximum Gasteiger partial charge on any atom is 0.260 e. The van der Waals surface area contributed by atoms with E-state index in [1.165, 1.54) is 0 Å². The summed E-state index contributed by atoms with van der Waals surface area (Å²) < 4.78 is 6.24. The van der Waals surface area contributed by atoms with E-state index in [0.29, 0.717) is 27.5 Å². The first kappa shape index (κ1) is 17.1. The minimum atomic E-state index is -0.614. The quantitative estimate of drug-likeness (QED) is 0.572. The minimum absolute atomic E-state index is 0.151. The number of amides is 1. The summed E-state index contributed by atoms with van der Waals surface area (Å²) in [5.41, 5.74) is 6.24. The molecule has 0 spiro atoms. The Hall–Kier alpha value is -0.940. The van der Waals surface area contributed by atoms with Crippen molar-refractivity contribution in [3.63, 3.8) is 0 Å². The SMILES string of the molecule is CCCCCNC(=O)C(C)Oc1c(N)cc(Cl)cc1Br. The zero-order chi connectivity index (χ0) is 15.1. The average molecular weight is 364 g/mol. The van der Waals surface area contributed by atoms with Crippen molar-refractivity contribution in [2.75, 3.05) is 12.3 Å². The largest absolute Gasteiger partial charge is 0.478 e. The maximum atomic E-state index is 11.9. The Morgan fingerprint density at radius 1 is 1.50 bits per heavy atom. The Morgan fingerprint density at radius 2 is 2.20 bits per heavy atom. The topological polar surface area (TPSA) is 64.3 Å². The number of benzene rings is 1. The van der Waals surface area contributed by atoms with Gasteiger partial charge in [0, 0.05) is 11.6 Å². The molecule has 0 saturated heterocycles. The fourth-order valence-electron chi connectivity index (χ4n) is 1.67. The highest BCUT2D eigenvalue weighted by atomic mass is 79.9. The fourth-order valence-corrected chi connectivity index (χ4v) is 2.59. The van der Waals surface area contributed by atoms with Gasteiger partial charge in [-0.3, -0.25) is 4.79 Å². The van der Waals surface area contributed by atoms with Gasteiger partial charge in [-0.2, -0.15) is 0 Å². The predicted molar refractivity (Wildman–Crippen MR) is 86.2 cm³/mol. The summed E-state index contributed by atoms with van der Waals surface area (Å²) in [6.45, 7) is 4.47. The van der Waals surface area contributed by atoms with Gasteiger partial charge in [-0.05, 0) is 41.4 Å². The standard InChI is InChI=1S/C14H20BrClN2O2/c1-3-4-5-6-18-14(19)9(2)20-13-11(15)7-10(16)8-12(13)17/h7-9H,3-6,17H2,1-2H3,(H,18,19). The third-order valence-electron chi connectivity index (χ3n) is 2.78. The summed E-state index contributed by atoms with van der Waals surface area (Å²) in [7, 11) is 0. The number of nitrogen functional groups attached to an aromatic ring is 1. The molecule has 1 rings (SSSR count). The number of rotatable bonds is 7. The normalized spacial score (nSPS) is 12.0. The molecular weight excluding hydrogens is 344 g/mol. The lowest BCUT2D eigenvalue weighted by atomic mass is 10.2. The molecule has 0 aliphatic rings. The number of carbonyl (C=O) groups is 1. The lowest BCUT2D eigenvalue weighted by molar-refractivity contribution is -0.127. The van der Waals surface area contributed by atoms with Gasteiger partial charge in [-0.1, -0.05) is 31.4 Å². The number of carbonyl (C=O) groups excluding carboxylic acids is 1. The van der Waals surface area contributed by atoms with Crippen molar-refractivity contribution in [3.8, 4) is 5.75 Å². The molecule has 6 heteroatoms. The van der Waals surface area contributed by atoms with Crippen LogP contribution < -0.4 is 15.8 Å². The molecule has 3 N–H and O–H groups in total. The van der Waals surface area contributed by atoms with Crippen LogP contribution in [0.25, 0.3) is 0 Å². The predicted octanol–water partition coefficient (Wildman–Crippen LogP) is 3.76. The summed E-state index contributed by atoms with van der Waals surface area (Å²) in [4.78, 5) is 11.9. The third-order valence-corrected chi connectivity index (χ3v) is 3.59. The van der Waals surface area contributed by atoms with E-state index in [9.17, 15) is 4.79 Å². The number of hydrogen-bond donors (Lipinski definition) is 2. The van der Waals surface area contributed by atoms with Gasteiger partial charge in [-0.15, -0.1) is 0 Å². The molecule has 4 nitrogen and oxygen atoms in total. The number of nitrogens with two attached hydrogens (primary N) is 1. The first-order valence-corrected chi connectivity index (χ1v) is 7.81. The number of anilines is 1. The molecule has 20 heavy (non-hydrogen) atoms. The molecule has 0 heterocycles. The van der Waals surface area contributed by atoms with Gasteiger partial charge in [0.05, 0.1) is 10.2 Å². The summed E-state index contributed by atoms with van der Waals surface area (Å²) in [5, 5.41) is 3.35. The van der Waals surface area contributed by atoms with Gasteiger partial charge in [0.25, 0.3) is 5.91 Å². The molecule has 1 atom stereocenters. The van der Waals surface area contributed by atoms with Crippen LogP contribution in [-0.2, 0) is 4.79 Å². The summed E-state index contributed by atoms with van der Waals surface area (Å²) in [6.07, 6.45) is 2.58. The second-order valence-corrected chi connectivity index (χ2v) is 5.85. The molecule has 0 aliphatic heterocycles. The van der Waals surface area contributed by atoms with Crippen molar-refractivity contribution >= 4 is 39.1 Å². The van der Waals surface area contributed by atoms with E-state index in [1.54, 1.807) is 19.1 Å². The monoisotopic (exact) mass is 362 g/mol. The van der Waals surface area contributed by atoms with Crippen molar-refractivity contribution in [1.82, 2.24) is 5.32 Å². The zero-order valence-electron chi connectivity index (χ0n) is 11.7. The fraction of sp³-hybridized carbons (Fsp3) is 0.500. The van der Waals surface area contributed by atoms with Crippen molar-refractivity contribution < 1.29 is 9.53 Å². The first-order valence-electron chi connectivity index (χ1n) is 6.64. The van der Waals surface area contributed by atoms with Crippen LogP contribution >= 0.6 is 27.5 Å². The van der Waals surface area contributed by atoms with Crippen LogP contribution in [0.2, 0.25) is 5.02 Å². The van der Waals surface area contributed by atoms with Crippen LogP contribution in [0, 0.1) is 0 Å². The molecule has 1 amide bonds. The highest BCUT2D eigenvalue weighted by molar-refractivity contribution is 9.10. The molecule has 0 saturated carbocycles. The van der Waals surface area contributed by atoms with Crippen molar-refractivity contribution in [2.24, 2.45) is 0 Å². The van der Waals surface area contributed by atoms with Gasteiger partial charge in [0.15, 0.2) is 11.9 Å². The Morgan fingerprint density at radius 3 is 2.80 bits per heavy atom. The average Bonchev–Trinajstić information content (AvgIpc) is 2.38. The van der Waals surface area contributed by atoms with Crippen LogP contribution in [0.5, 0.6) is 5.75 Å². The van der Waals surface area contributed by atoms with E-state index in [1.807, 2.05) is 0 Å². The van der Waals surface area contributed by atoms with E-state index in [4.69, 9.17) is 22.1 Å². The van der Waals surface area contributed by atoms with E-state index < -0.39 is 6.10 Å². The Balaban J connectivity index is 2.57. The number of hydrogen-bond acceptors (Lipinski definition) is 3. The molecule has 1 aromatic rings. The highest BCUT2D eigenvalue weighted by Crippen LogP contribution is 2.35. The molecule has 1 unspecified atom stereocenters. The van der Waals surface area contributed by atoms with Crippen molar-refractivity contribution in [3.05, 3.63) is 21.6 Å². The van der Waals surface area contributed by atoms with E-state index in [2.05, 4.69) is 28.2 Å². The van der Waals surface area contributed by atoms with Crippen LogP contribution in [0.3, 0.4) is 0 Å². The van der Waals surface area contributed by atoms with E-state index in [-0.39, 0.29) is 5.91 Å². The van der Waals surface area contributed by atoms with Gasteiger partial charge in [0.2, 0.25) is 0 Å². The molecule has 0 fully saturated rings. The Labute approximate surface area is 133 Å². The lowest BCUT2D eigenvalue weighted by Crippen LogP contribution is -2.37. The summed E-state index contributed by atoms with van der Waals surface area (Å²) >= 11 is 9.20. The van der Waals surface area contributed by atoms with Gasteiger partial charge in [-0.25, -0.2) is 0 Å². The zero-order valence-corrected chi connectivity index (χ0v) is 14.1. The number of nitrogens with one attached hydrogen (secondary N) is 1. The third kappa shape index (κ3) is 5.21. The van der Waals surface area contributed by atoms with Gasteiger partial charge >= 0.3 is 0 Å². The number of unbranched alkanes of at least 4 members (excludes halogenated alkanes) is 2. The minimum Gasteiger partial charge on any atom is -0.478 e. The molecule has 0 aliphatic carbocycles. The highest BCUT2D eigenvalue weighted by Gasteiger charge is 2.17. The molecule has 0 bridgehead atoms. The number of ether oxygens (including phenoxy) is 1. The second kappa shape index (κ2) is 8.37. The Bertz CT molecular complexity index is 445. The molecule has 112 valence electrons. The first-order chi connectivity index (χ1) is 9.45. The molecule has 0 radical (unpaired) electrons. The molecule has 0 aromatic heterocycles. The van der Waals surface area contributed by atoms with E-state index in [0.717, 1.165) is 19.3 Å². The van der Waals surface area contributed by atoms with Crippen LogP contribution in [-0.4, -0.2) is 18.6 Å². The second-order valence-electron chi connectivity index (χ2n) is 4.56. The van der Waals surface area contributed by atoms with E-state index >= 15 is 0 Å². The number of halogens is 2. The van der Waals surface area contributed by atoms with Crippen molar-refractivity contribution in [1.29, 1.82) is 0 Å². The van der Waals surface area contributed by atoms with Crippen molar-refractivity contribution in [2.45, 2.75) is 39.2 Å². The smallest absolute Gasteiger partial charge is 0.260 e. The Kier molecular flexibility index (Phi) is 7.16. The van der Waals surface area contributed by atoms with Crippen LogP contribution in [0.15, 0.2) is 16.6 Å². The van der Waals surface area contributed by atoms with Gasteiger partial charge < -0.3 is 15.8 Å². The summed E-state index contributed by atoms with van der Waals surface area (Å²) in [5.74, 6) is 0.285. The van der Waals surface area contributed by atoms with Crippen LogP contribution in [0.4, 0.5) is 5.69 Å². The van der Waals surface area contributed by atoms with Gasteiger partial charge in [0.1, 0.15) is 0 Å². The van der Waals surface area contributed by atoms with Crippen LogP contribution in [0.1, 0.15) is 33.1 Å². The maximum absolute atomic E-state index is 11.9. The lowest BCUT2D eigenvalue weighted by Gasteiger charge is -2.17. The molecule has 1 aromatic carbocycles. The summed E-state index contributed by atoms with van der Waals surface area (Å²) in [6, 6.07) is 3.27. The molecular formula is C14H20BrClN2O2.